The molecule has 0 atom stereocenters. The van der Waals surface area contributed by atoms with Crippen molar-refractivity contribution >= 4 is 11.7 Å². The number of amides is 2. The second kappa shape index (κ2) is 5.27. The summed E-state index contributed by atoms with van der Waals surface area (Å²) in [5, 5.41) is 8.48. The summed E-state index contributed by atoms with van der Waals surface area (Å²) in [6.45, 7) is -0.297. The Morgan fingerprint density at radius 3 is 2.33 bits per heavy atom. The molecule has 0 aromatic heterocycles. The summed E-state index contributed by atoms with van der Waals surface area (Å²) in [6.07, 6.45) is -4.78. The van der Waals surface area contributed by atoms with Crippen LogP contribution in [0.1, 0.15) is 0 Å². The number of nitrogens with two attached hydrogens (primary N) is 1. The standard InChI is InChI=1S/C10H8F3N3O2/c11-10(12,13)18-8-3-1-7(2-4-8)16(6-5-14)9(15)17/h1-4H,6H2,(H2,15,17). The second-order valence-corrected chi connectivity index (χ2v) is 3.12. The van der Waals surface area contributed by atoms with Crippen LogP contribution in [0.5, 0.6) is 5.75 Å². The predicted octanol–water partition coefficient (Wildman–Crippen LogP) is 1.99. The van der Waals surface area contributed by atoms with E-state index in [0.29, 0.717) is 0 Å². The highest BCUT2D eigenvalue weighted by Crippen LogP contribution is 2.25. The molecule has 0 saturated heterocycles. The molecule has 0 saturated carbocycles. The van der Waals surface area contributed by atoms with Crippen molar-refractivity contribution < 1.29 is 22.7 Å². The number of nitrogens with zero attached hydrogens (tertiary/aromatic N) is 2. The zero-order valence-corrected chi connectivity index (χ0v) is 8.94. The van der Waals surface area contributed by atoms with Crippen molar-refractivity contribution in [3.63, 3.8) is 0 Å². The van der Waals surface area contributed by atoms with Gasteiger partial charge in [0.1, 0.15) is 12.3 Å². The number of hydrogen-bond acceptors (Lipinski definition) is 3. The van der Waals surface area contributed by atoms with Gasteiger partial charge in [-0.1, -0.05) is 0 Å². The van der Waals surface area contributed by atoms with Gasteiger partial charge in [-0.25, -0.2) is 4.79 Å². The zero-order chi connectivity index (χ0) is 13.8. The minimum atomic E-state index is -4.78. The zero-order valence-electron chi connectivity index (χ0n) is 8.94. The number of hydrogen-bond donors (Lipinski definition) is 1. The summed E-state index contributed by atoms with van der Waals surface area (Å²) in [5.74, 6) is -0.423. The third kappa shape index (κ3) is 3.86. The topological polar surface area (TPSA) is 79.4 Å². The number of carbonyl (C=O) groups is 1. The molecule has 8 heteroatoms. The summed E-state index contributed by atoms with van der Waals surface area (Å²) in [4.78, 5) is 11.9. The van der Waals surface area contributed by atoms with Gasteiger partial charge >= 0.3 is 12.4 Å². The number of halogens is 3. The maximum absolute atomic E-state index is 11.9. The summed E-state index contributed by atoms with van der Waals surface area (Å²) in [7, 11) is 0. The summed E-state index contributed by atoms with van der Waals surface area (Å²) in [5.41, 5.74) is 5.23. The first-order chi connectivity index (χ1) is 8.33. The Labute approximate surface area is 100 Å². The number of primary amides is 1. The smallest absolute Gasteiger partial charge is 0.406 e. The van der Waals surface area contributed by atoms with Crippen molar-refractivity contribution in [1.82, 2.24) is 0 Å². The lowest BCUT2D eigenvalue weighted by atomic mass is 10.3. The summed E-state index contributed by atoms with van der Waals surface area (Å²) in [6, 6.07) is 5.28. The first-order valence-electron chi connectivity index (χ1n) is 4.63. The van der Waals surface area contributed by atoms with Crippen molar-refractivity contribution in [2.75, 3.05) is 11.4 Å². The number of urea groups is 1. The molecule has 5 nitrogen and oxygen atoms in total. The van der Waals surface area contributed by atoms with Gasteiger partial charge in [0, 0.05) is 5.69 Å². The normalized spacial score (nSPS) is 10.6. The maximum atomic E-state index is 11.9. The van der Waals surface area contributed by atoms with Gasteiger partial charge in [0.25, 0.3) is 0 Å². The van der Waals surface area contributed by atoms with Crippen LogP contribution in [-0.4, -0.2) is 18.9 Å². The van der Waals surface area contributed by atoms with Crippen LogP contribution in [0.2, 0.25) is 0 Å². The van der Waals surface area contributed by atoms with Crippen LogP contribution in [-0.2, 0) is 0 Å². The predicted molar refractivity (Wildman–Crippen MR) is 55.7 cm³/mol. The molecule has 96 valence electrons. The molecular weight excluding hydrogens is 251 g/mol. The van der Waals surface area contributed by atoms with Gasteiger partial charge < -0.3 is 10.5 Å². The van der Waals surface area contributed by atoms with Crippen LogP contribution in [0.3, 0.4) is 0 Å². The van der Waals surface area contributed by atoms with Crippen LogP contribution in [0.15, 0.2) is 24.3 Å². The van der Waals surface area contributed by atoms with Crippen LogP contribution in [0, 0.1) is 11.3 Å². The average Bonchev–Trinajstić information content (AvgIpc) is 2.25. The lowest BCUT2D eigenvalue weighted by Crippen LogP contribution is -2.35. The first kappa shape index (κ1) is 13.6. The Bertz CT molecular complexity index is 465. The summed E-state index contributed by atoms with van der Waals surface area (Å²) < 4.78 is 39.4. The van der Waals surface area contributed by atoms with Gasteiger partial charge in [0.2, 0.25) is 0 Å². The molecule has 1 aromatic rings. The molecule has 0 unspecified atom stereocenters. The van der Waals surface area contributed by atoms with E-state index < -0.39 is 18.1 Å². The Hall–Kier alpha value is -2.43. The molecule has 0 heterocycles. The van der Waals surface area contributed by atoms with Gasteiger partial charge in [-0.15, -0.1) is 13.2 Å². The van der Waals surface area contributed by atoms with Gasteiger partial charge in [-0.05, 0) is 24.3 Å². The van der Waals surface area contributed by atoms with Crippen molar-refractivity contribution in [1.29, 1.82) is 5.26 Å². The Balaban J connectivity index is 2.88. The molecule has 2 N–H and O–H groups in total. The van der Waals surface area contributed by atoms with Crippen LogP contribution >= 0.6 is 0 Å². The number of carbonyl (C=O) groups excluding carboxylic acids is 1. The fourth-order valence-corrected chi connectivity index (χ4v) is 1.19. The highest BCUT2D eigenvalue weighted by Gasteiger charge is 2.31. The molecule has 0 bridgehead atoms. The first-order valence-corrected chi connectivity index (χ1v) is 4.63. The molecule has 0 aliphatic heterocycles. The van der Waals surface area contributed by atoms with Crippen LogP contribution < -0.4 is 15.4 Å². The molecule has 0 aliphatic rings. The van der Waals surface area contributed by atoms with Crippen molar-refractivity contribution in [2.24, 2.45) is 5.73 Å². The molecule has 1 rings (SSSR count). The highest BCUT2D eigenvalue weighted by atomic mass is 19.4. The molecular formula is C10H8F3N3O2. The van der Waals surface area contributed by atoms with Gasteiger partial charge in [0.15, 0.2) is 0 Å². The van der Waals surface area contributed by atoms with Gasteiger partial charge in [-0.2, -0.15) is 5.26 Å². The van der Waals surface area contributed by atoms with E-state index >= 15 is 0 Å². The third-order valence-corrected chi connectivity index (χ3v) is 1.88. The van der Waals surface area contributed by atoms with Crippen LogP contribution in [0.25, 0.3) is 0 Å². The molecule has 0 radical (unpaired) electrons. The third-order valence-electron chi connectivity index (χ3n) is 1.88. The minimum Gasteiger partial charge on any atom is -0.406 e. The van der Waals surface area contributed by atoms with E-state index in [9.17, 15) is 18.0 Å². The fraction of sp³-hybridized carbons (Fsp3) is 0.200. The van der Waals surface area contributed by atoms with E-state index in [-0.39, 0.29) is 12.2 Å². The lowest BCUT2D eigenvalue weighted by molar-refractivity contribution is -0.274. The van der Waals surface area contributed by atoms with E-state index in [1.807, 2.05) is 0 Å². The number of benzene rings is 1. The SMILES string of the molecule is N#CCN(C(N)=O)c1ccc(OC(F)(F)F)cc1. The van der Waals surface area contributed by atoms with E-state index in [0.717, 1.165) is 17.0 Å². The van der Waals surface area contributed by atoms with E-state index in [4.69, 9.17) is 11.0 Å². The Kier molecular flexibility index (Phi) is 3.99. The van der Waals surface area contributed by atoms with E-state index in [1.165, 1.54) is 12.1 Å². The molecule has 2 amide bonds. The molecule has 0 spiro atoms. The summed E-state index contributed by atoms with van der Waals surface area (Å²) >= 11 is 0. The second-order valence-electron chi connectivity index (χ2n) is 3.12. The molecule has 18 heavy (non-hydrogen) atoms. The number of anilines is 1. The molecule has 1 aromatic carbocycles. The number of nitriles is 1. The number of alkyl halides is 3. The largest absolute Gasteiger partial charge is 0.573 e. The van der Waals surface area contributed by atoms with Crippen LogP contribution in [0.4, 0.5) is 23.7 Å². The van der Waals surface area contributed by atoms with Crippen molar-refractivity contribution in [3.05, 3.63) is 24.3 Å². The minimum absolute atomic E-state index is 0.207. The van der Waals surface area contributed by atoms with E-state index in [1.54, 1.807) is 6.07 Å². The Morgan fingerprint density at radius 1 is 1.39 bits per heavy atom. The molecule has 0 aliphatic carbocycles. The quantitative estimate of drug-likeness (QED) is 0.843. The van der Waals surface area contributed by atoms with Crippen molar-refractivity contribution in [3.8, 4) is 11.8 Å². The van der Waals surface area contributed by atoms with Gasteiger partial charge in [0.05, 0.1) is 6.07 Å². The number of rotatable bonds is 3. The highest BCUT2D eigenvalue weighted by molar-refractivity contribution is 5.91. The average molecular weight is 259 g/mol. The monoisotopic (exact) mass is 259 g/mol. The fourth-order valence-electron chi connectivity index (χ4n) is 1.19. The Morgan fingerprint density at radius 2 is 1.94 bits per heavy atom. The maximum Gasteiger partial charge on any atom is 0.573 e. The van der Waals surface area contributed by atoms with Crippen molar-refractivity contribution in [2.45, 2.75) is 6.36 Å². The van der Waals surface area contributed by atoms with Gasteiger partial charge in [-0.3, -0.25) is 4.90 Å². The lowest BCUT2D eigenvalue weighted by Gasteiger charge is -2.17. The molecule has 0 fully saturated rings. The number of ether oxygens (including phenoxy) is 1. The van der Waals surface area contributed by atoms with E-state index in [2.05, 4.69) is 4.74 Å².